The molecule has 21 heavy (non-hydrogen) atoms. The second-order valence-corrected chi connectivity index (χ2v) is 5.52. The molecule has 1 aromatic rings. The second-order valence-electron chi connectivity index (χ2n) is 4.51. The number of nitrogens with one attached hydrogen (secondary N) is 2. The summed E-state index contributed by atoms with van der Waals surface area (Å²) in [6.45, 7) is 3.59. The van der Waals surface area contributed by atoms with Gasteiger partial charge in [0, 0.05) is 37.9 Å². The van der Waals surface area contributed by atoms with Gasteiger partial charge in [-0.1, -0.05) is 0 Å². The van der Waals surface area contributed by atoms with Crippen LogP contribution in [0, 0.1) is 0 Å². The summed E-state index contributed by atoms with van der Waals surface area (Å²) in [4.78, 5) is 29.8. The van der Waals surface area contributed by atoms with Crippen molar-refractivity contribution in [3.05, 3.63) is 28.8 Å². The van der Waals surface area contributed by atoms with E-state index in [2.05, 4.69) is 20.5 Å². The maximum absolute atomic E-state index is 11.6. The molecule has 8 heteroatoms. The quantitative estimate of drug-likeness (QED) is 0.797. The van der Waals surface area contributed by atoms with Crippen LogP contribution in [0.2, 0.25) is 0 Å². The lowest BCUT2D eigenvalue weighted by molar-refractivity contribution is -0.115. The van der Waals surface area contributed by atoms with Crippen LogP contribution in [0.4, 0.5) is 10.6 Å². The molecule has 112 valence electrons. The van der Waals surface area contributed by atoms with Gasteiger partial charge in [-0.3, -0.25) is 14.9 Å². The number of halogens is 1. The van der Waals surface area contributed by atoms with Gasteiger partial charge in [-0.2, -0.15) is 0 Å². The van der Waals surface area contributed by atoms with E-state index in [4.69, 9.17) is 0 Å². The average molecular weight is 327 g/mol. The summed E-state index contributed by atoms with van der Waals surface area (Å²) in [7, 11) is 0. The third-order valence-electron chi connectivity index (χ3n) is 3.16. The fraction of sp³-hybridized carbons (Fsp3) is 0.308. The van der Waals surface area contributed by atoms with Gasteiger partial charge in [0.1, 0.15) is 5.82 Å². The molecule has 1 aromatic heterocycles. The molecule has 0 aromatic carbocycles. The van der Waals surface area contributed by atoms with E-state index in [1.54, 1.807) is 12.3 Å². The Morgan fingerprint density at radius 1 is 1.29 bits per heavy atom. The maximum Gasteiger partial charge on any atom is 0.290 e. The molecule has 2 amide bonds. The maximum atomic E-state index is 11.6. The van der Waals surface area contributed by atoms with Crippen LogP contribution in [0.1, 0.15) is 5.56 Å². The molecule has 3 heterocycles. The molecule has 2 aliphatic rings. The summed E-state index contributed by atoms with van der Waals surface area (Å²) in [6.07, 6.45) is 3.47. The van der Waals surface area contributed by atoms with Gasteiger partial charge < -0.3 is 10.2 Å². The zero-order valence-electron chi connectivity index (χ0n) is 11.2. The number of imide groups is 1. The number of carbonyl (C=O) groups is 2. The van der Waals surface area contributed by atoms with Crippen LogP contribution in [0.5, 0.6) is 0 Å². The largest absolute Gasteiger partial charge is 0.354 e. The highest BCUT2D eigenvalue weighted by Crippen LogP contribution is 2.28. The van der Waals surface area contributed by atoms with E-state index in [1.807, 2.05) is 12.1 Å². The van der Waals surface area contributed by atoms with Gasteiger partial charge in [0.05, 0.1) is 4.91 Å². The van der Waals surface area contributed by atoms with Crippen LogP contribution in [0.25, 0.3) is 6.08 Å². The van der Waals surface area contributed by atoms with Gasteiger partial charge in [-0.15, -0.1) is 12.4 Å². The number of anilines is 1. The number of hydrogen-bond acceptors (Lipinski definition) is 6. The molecular weight excluding hydrogens is 312 g/mol. The third-order valence-corrected chi connectivity index (χ3v) is 3.97. The Morgan fingerprint density at radius 2 is 2.05 bits per heavy atom. The second kappa shape index (κ2) is 6.93. The molecule has 6 nitrogen and oxygen atoms in total. The molecule has 2 fully saturated rings. The number of rotatable bonds is 2. The molecule has 0 saturated carbocycles. The summed E-state index contributed by atoms with van der Waals surface area (Å²) in [6, 6.07) is 3.74. The van der Waals surface area contributed by atoms with E-state index in [-0.39, 0.29) is 23.6 Å². The Bertz CT molecular complexity index is 587. The molecule has 2 saturated heterocycles. The Kier molecular flexibility index (Phi) is 5.22. The average Bonchev–Trinajstić information content (AvgIpc) is 2.78. The molecule has 0 atom stereocenters. The number of carbonyl (C=O) groups excluding carboxylic acids is 2. The zero-order valence-corrected chi connectivity index (χ0v) is 12.8. The Balaban J connectivity index is 0.00000161. The number of nitrogens with zero attached hydrogens (tertiary/aromatic N) is 2. The molecule has 2 aliphatic heterocycles. The first-order chi connectivity index (χ1) is 9.74. The van der Waals surface area contributed by atoms with Crippen molar-refractivity contribution in [2.75, 3.05) is 31.1 Å². The van der Waals surface area contributed by atoms with Crippen molar-refractivity contribution < 1.29 is 9.59 Å². The minimum atomic E-state index is -0.338. The van der Waals surface area contributed by atoms with Crippen LogP contribution in [0.3, 0.4) is 0 Å². The van der Waals surface area contributed by atoms with Crippen molar-refractivity contribution >= 4 is 47.2 Å². The summed E-state index contributed by atoms with van der Waals surface area (Å²) >= 11 is 0.927. The van der Waals surface area contributed by atoms with Crippen molar-refractivity contribution in [3.63, 3.8) is 0 Å². The third kappa shape index (κ3) is 3.55. The van der Waals surface area contributed by atoms with E-state index in [0.29, 0.717) is 4.91 Å². The summed E-state index contributed by atoms with van der Waals surface area (Å²) in [5.74, 6) is 0.518. The first-order valence-electron chi connectivity index (χ1n) is 6.39. The van der Waals surface area contributed by atoms with Crippen LogP contribution < -0.4 is 15.5 Å². The van der Waals surface area contributed by atoms with Crippen molar-refractivity contribution in [1.29, 1.82) is 0 Å². The van der Waals surface area contributed by atoms with E-state index in [9.17, 15) is 9.59 Å². The van der Waals surface area contributed by atoms with Crippen LogP contribution >= 0.6 is 24.2 Å². The summed E-state index contributed by atoms with van der Waals surface area (Å²) < 4.78 is 0. The van der Waals surface area contributed by atoms with Gasteiger partial charge in [0.15, 0.2) is 0 Å². The van der Waals surface area contributed by atoms with Gasteiger partial charge >= 0.3 is 0 Å². The highest BCUT2D eigenvalue weighted by atomic mass is 35.5. The SMILES string of the molecule is Cl.O=C1NC(=O)/C(=C/c2cccnc2N2CCNCC2)S1. The number of amides is 2. The van der Waals surface area contributed by atoms with E-state index < -0.39 is 0 Å². The first kappa shape index (κ1) is 15.8. The lowest BCUT2D eigenvalue weighted by atomic mass is 10.2. The summed E-state index contributed by atoms with van der Waals surface area (Å²) in [5, 5.41) is 5.23. The highest BCUT2D eigenvalue weighted by molar-refractivity contribution is 8.18. The van der Waals surface area contributed by atoms with Gasteiger partial charge in [0.25, 0.3) is 11.1 Å². The predicted octanol–water partition coefficient (Wildman–Crippen LogP) is 1.24. The monoisotopic (exact) mass is 326 g/mol. The molecule has 0 radical (unpaired) electrons. The number of pyridine rings is 1. The van der Waals surface area contributed by atoms with E-state index in [1.165, 1.54) is 0 Å². The number of aromatic nitrogens is 1. The van der Waals surface area contributed by atoms with Crippen molar-refractivity contribution in [1.82, 2.24) is 15.6 Å². The van der Waals surface area contributed by atoms with Gasteiger partial charge in [-0.05, 0) is 30.0 Å². The van der Waals surface area contributed by atoms with E-state index in [0.717, 1.165) is 49.3 Å². The number of hydrogen-bond donors (Lipinski definition) is 2. The molecule has 0 spiro atoms. The zero-order chi connectivity index (χ0) is 13.9. The first-order valence-corrected chi connectivity index (χ1v) is 7.21. The Morgan fingerprint density at radius 3 is 2.71 bits per heavy atom. The number of thioether (sulfide) groups is 1. The minimum Gasteiger partial charge on any atom is -0.354 e. The minimum absolute atomic E-state index is 0. The predicted molar refractivity (Wildman–Crippen MR) is 85.7 cm³/mol. The van der Waals surface area contributed by atoms with Crippen LogP contribution in [0.15, 0.2) is 23.2 Å². The van der Waals surface area contributed by atoms with E-state index >= 15 is 0 Å². The summed E-state index contributed by atoms with van der Waals surface area (Å²) in [5.41, 5.74) is 0.863. The van der Waals surface area contributed by atoms with Crippen LogP contribution in [-0.4, -0.2) is 42.3 Å². The van der Waals surface area contributed by atoms with Gasteiger partial charge in [-0.25, -0.2) is 4.98 Å². The molecular formula is C13H15ClN4O2S. The fourth-order valence-electron chi connectivity index (χ4n) is 2.23. The highest BCUT2D eigenvalue weighted by Gasteiger charge is 2.25. The Hall–Kier alpha value is -1.57. The van der Waals surface area contributed by atoms with Crippen LogP contribution in [-0.2, 0) is 4.79 Å². The topological polar surface area (TPSA) is 74.3 Å². The van der Waals surface area contributed by atoms with Crippen molar-refractivity contribution in [2.24, 2.45) is 0 Å². The molecule has 2 N–H and O–H groups in total. The van der Waals surface area contributed by atoms with Crippen molar-refractivity contribution in [3.8, 4) is 0 Å². The normalized spacial score (nSPS) is 20.4. The smallest absolute Gasteiger partial charge is 0.290 e. The molecule has 0 bridgehead atoms. The van der Waals surface area contributed by atoms with Crippen molar-refractivity contribution in [2.45, 2.75) is 0 Å². The fourth-order valence-corrected chi connectivity index (χ4v) is 2.90. The molecule has 0 aliphatic carbocycles. The number of piperazine rings is 1. The molecule has 0 unspecified atom stereocenters. The lowest BCUT2D eigenvalue weighted by Crippen LogP contribution is -2.44. The van der Waals surface area contributed by atoms with Gasteiger partial charge in [0.2, 0.25) is 0 Å². The molecule has 3 rings (SSSR count). The Labute approximate surface area is 132 Å². The standard InChI is InChI=1S/C13H14N4O2S.ClH/c18-12-10(20-13(19)16-12)8-9-2-1-3-15-11(9)17-6-4-14-5-7-17;/h1-3,8,14H,4-7H2,(H,16,18,19);1H/b10-8-;. The lowest BCUT2D eigenvalue weighted by Gasteiger charge is -2.29.